The molecule has 0 fully saturated rings. The third-order valence-electron chi connectivity index (χ3n) is 2.89. The van der Waals surface area contributed by atoms with E-state index in [9.17, 15) is 9.59 Å². The number of amides is 1. The molecule has 2 aromatic rings. The van der Waals surface area contributed by atoms with Gasteiger partial charge in [-0.05, 0) is 37.3 Å². The van der Waals surface area contributed by atoms with Gasteiger partial charge < -0.3 is 19.8 Å². The van der Waals surface area contributed by atoms with Crippen LogP contribution in [0.3, 0.4) is 0 Å². The molecule has 6 nitrogen and oxygen atoms in total. The van der Waals surface area contributed by atoms with Crippen LogP contribution in [0.4, 0.5) is 5.69 Å². The van der Waals surface area contributed by atoms with Crippen molar-refractivity contribution in [3.63, 3.8) is 0 Å². The van der Waals surface area contributed by atoms with Gasteiger partial charge in [0.2, 0.25) is 0 Å². The Morgan fingerprint density at radius 3 is 2.73 bits per heavy atom. The zero-order valence-electron chi connectivity index (χ0n) is 12.1. The fraction of sp³-hybridized carbons (Fsp3) is 0.200. The summed E-state index contributed by atoms with van der Waals surface area (Å²) in [6.07, 6.45) is 0.623. The molecular formula is C15H15ClN2O4. The van der Waals surface area contributed by atoms with Gasteiger partial charge in [-0.1, -0.05) is 11.6 Å². The number of nitrogens with one attached hydrogen (secondary N) is 2. The summed E-state index contributed by atoms with van der Waals surface area (Å²) >= 11 is 5.89. The summed E-state index contributed by atoms with van der Waals surface area (Å²) in [6, 6.07) is 8.06. The lowest BCUT2D eigenvalue weighted by atomic mass is 10.2. The molecule has 0 unspecified atom stereocenters. The summed E-state index contributed by atoms with van der Waals surface area (Å²) in [6.45, 7) is 1.48. The molecule has 0 radical (unpaired) electrons. The van der Waals surface area contributed by atoms with Crippen molar-refractivity contribution in [2.24, 2.45) is 0 Å². The van der Waals surface area contributed by atoms with Gasteiger partial charge in [-0.2, -0.15) is 0 Å². The Balaban J connectivity index is 2.02. The van der Waals surface area contributed by atoms with Gasteiger partial charge in [0.25, 0.3) is 5.91 Å². The maximum Gasteiger partial charge on any atom is 0.355 e. The molecular weight excluding hydrogens is 308 g/mol. The molecule has 1 aromatic carbocycles. The highest BCUT2D eigenvalue weighted by atomic mass is 35.5. The van der Waals surface area contributed by atoms with E-state index in [4.69, 9.17) is 21.1 Å². The van der Waals surface area contributed by atoms with E-state index in [1.807, 2.05) is 0 Å². The topological polar surface area (TPSA) is 80.4 Å². The first-order valence-corrected chi connectivity index (χ1v) is 6.88. The predicted octanol–water partition coefficient (Wildman–Crippen LogP) is 2.86. The third-order valence-corrected chi connectivity index (χ3v) is 3.13. The van der Waals surface area contributed by atoms with Crippen LogP contribution in [0.15, 0.2) is 36.5 Å². The van der Waals surface area contributed by atoms with Gasteiger partial charge in [0.15, 0.2) is 6.10 Å². The second kappa shape index (κ2) is 7.00. The van der Waals surface area contributed by atoms with Gasteiger partial charge in [-0.3, -0.25) is 4.79 Å². The van der Waals surface area contributed by atoms with Crippen molar-refractivity contribution in [1.29, 1.82) is 0 Å². The van der Waals surface area contributed by atoms with E-state index in [-0.39, 0.29) is 5.69 Å². The van der Waals surface area contributed by atoms with Crippen LogP contribution in [-0.4, -0.2) is 30.1 Å². The largest absolute Gasteiger partial charge is 0.495 e. The van der Waals surface area contributed by atoms with Crippen molar-refractivity contribution in [3.05, 3.63) is 47.2 Å². The number of carbonyl (C=O) groups is 2. The number of methoxy groups -OCH3 is 1. The van der Waals surface area contributed by atoms with E-state index in [1.165, 1.54) is 14.0 Å². The van der Waals surface area contributed by atoms with Crippen molar-refractivity contribution in [1.82, 2.24) is 4.98 Å². The number of rotatable bonds is 5. The highest BCUT2D eigenvalue weighted by Gasteiger charge is 2.20. The summed E-state index contributed by atoms with van der Waals surface area (Å²) < 4.78 is 10.2. The normalized spacial score (nSPS) is 11.6. The van der Waals surface area contributed by atoms with E-state index in [0.717, 1.165) is 0 Å². The standard InChI is InChI=1S/C15H15ClN2O4/c1-9(22-15(20)11-4-3-7-17-11)14(19)18-12-8-10(16)5-6-13(12)21-2/h3-9,17H,1-2H3,(H,18,19)/t9-/m0/s1. The number of H-pyrrole nitrogens is 1. The molecule has 1 aromatic heterocycles. The Hall–Kier alpha value is -2.47. The minimum atomic E-state index is -0.973. The molecule has 7 heteroatoms. The number of esters is 1. The minimum absolute atomic E-state index is 0.278. The number of hydrogen-bond acceptors (Lipinski definition) is 4. The molecule has 1 atom stereocenters. The molecule has 22 heavy (non-hydrogen) atoms. The Morgan fingerprint density at radius 2 is 2.09 bits per heavy atom. The van der Waals surface area contributed by atoms with Crippen molar-refractivity contribution >= 4 is 29.2 Å². The molecule has 116 valence electrons. The van der Waals surface area contributed by atoms with E-state index >= 15 is 0 Å². The average molecular weight is 323 g/mol. The molecule has 2 N–H and O–H groups in total. The minimum Gasteiger partial charge on any atom is -0.495 e. The first-order valence-electron chi connectivity index (χ1n) is 6.50. The molecule has 0 aliphatic heterocycles. The molecule has 1 amide bonds. The number of carbonyl (C=O) groups excluding carboxylic acids is 2. The van der Waals surface area contributed by atoms with Crippen molar-refractivity contribution in [2.45, 2.75) is 13.0 Å². The first kappa shape index (κ1) is 15.9. The van der Waals surface area contributed by atoms with Gasteiger partial charge in [0.05, 0.1) is 12.8 Å². The second-order valence-electron chi connectivity index (χ2n) is 4.47. The Bertz CT molecular complexity index is 670. The van der Waals surface area contributed by atoms with Crippen LogP contribution < -0.4 is 10.1 Å². The van der Waals surface area contributed by atoms with Gasteiger partial charge in [0.1, 0.15) is 11.4 Å². The quantitative estimate of drug-likeness (QED) is 0.829. The van der Waals surface area contributed by atoms with Gasteiger partial charge in [-0.15, -0.1) is 0 Å². The zero-order valence-corrected chi connectivity index (χ0v) is 12.8. The number of hydrogen-bond donors (Lipinski definition) is 2. The maximum atomic E-state index is 12.1. The summed E-state index contributed by atoms with van der Waals surface area (Å²) in [5.41, 5.74) is 0.683. The molecule has 2 rings (SSSR count). The van der Waals surface area contributed by atoms with E-state index < -0.39 is 18.0 Å². The summed E-state index contributed by atoms with van der Waals surface area (Å²) in [5, 5.41) is 3.07. The number of aromatic nitrogens is 1. The molecule has 0 spiro atoms. The van der Waals surface area contributed by atoms with E-state index in [2.05, 4.69) is 10.3 Å². The van der Waals surface area contributed by atoms with E-state index in [0.29, 0.717) is 16.5 Å². The van der Waals surface area contributed by atoms with E-state index in [1.54, 1.807) is 36.5 Å². The second-order valence-corrected chi connectivity index (χ2v) is 4.90. The molecule has 0 bridgehead atoms. The predicted molar refractivity (Wildman–Crippen MR) is 82.3 cm³/mol. The van der Waals surface area contributed by atoms with Crippen molar-refractivity contribution in [2.75, 3.05) is 12.4 Å². The highest BCUT2D eigenvalue weighted by molar-refractivity contribution is 6.31. The monoisotopic (exact) mass is 322 g/mol. The fourth-order valence-electron chi connectivity index (χ4n) is 1.75. The summed E-state index contributed by atoms with van der Waals surface area (Å²) in [4.78, 5) is 26.6. The van der Waals surface area contributed by atoms with Gasteiger partial charge in [0, 0.05) is 11.2 Å². The summed E-state index contributed by atoms with van der Waals surface area (Å²) in [5.74, 6) is -0.633. The Morgan fingerprint density at radius 1 is 1.32 bits per heavy atom. The van der Waals surface area contributed by atoms with Crippen LogP contribution in [0, 0.1) is 0 Å². The number of ether oxygens (including phenoxy) is 2. The third kappa shape index (κ3) is 3.79. The smallest absolute Gasteiger partial charge is 0.355 e. The number of anilines is 1. The lowest BCUT2D eigenvalue weighted by Gasteiger charge is -2.15. The summed E-state index contributed by atoms with van der Waals surface area (Å²) in [7, 11) is 1.48. The first-order chi connectivity index (χ1) is 10.5. The lowest BCUT2D eigenvalue weighted by molar-refractivity contribution is -0.123. The van der Waals surface area contributed by atoms with Crippen molar-refractivity contribution < 1.29 is 19.1 Å². The van der Waals surface area contributed by atoms with Gasteiger partial charge in [-0.25, -0.2) is 4.79 Å². The van der Waals surface area contributed by atoms with Crippen molar-refractivity contribution in [3.8, 4) is 5.75 Å². The van der Waals surface area contributed by atoms with Crippen LogP contribution >= 0.6 is 11.6 Å². The SMILES string of the molecule is COc1ccc(Cl)cc1NC(=O)[C@H](C)OC(=O)c1ccc[nH]1. The number of benzene rings is 1. The van der Waals surface area contributed by atoms with Crippen LogP contribution in [0.25, 0.3) is 0 Å². The zero-order chi connectivity index (χ0) is 16.1. The van der Waals surface area contributed by atoms with Crippen LogP contribution in [-0.2, 0) is 9.53 Å². The van der Waals surface area contributed by atoms with Crippen LogP contribution in [0.5, 0.6) is 5.75 Å². The molecule has 0 saturated heterocycles. The van der Waals surface area contributed by atoms with Crippen LogP contribution in [0.2, 0.25) is 5.02 Å². The van der Waals surface area contributed by atoms with Crippen LogP contribution in [0.1, 0.15) is 17.4 Å². The molecule has 1 heterocycles. The number of halogens is 1. The maximum absolute atomic E-state index is 12.1. The number of aromatic amines is 1. The molecule has 0 saturated carbocycles. The Labute approximate surface area is 132 Å². The fourth-order valence-corrected chi connectivity index (χ4v) is 1.92. The lowest BCUT2D eigenvalue weighted by Crippen LogP contribution is -2.30. The average Bonchev–Trinajstić information content (AvgIpc) is 3.01. The Kier molecular flexibility index (Phi) is 5.06. The van der Waals surface area contributed by atoms with Gasteiger partial charge >= 0.3 is 5.97 Å². The highest BCUT2D eigenvalue weighted by Crippen LogP contribution is 2.27. The molecule has 0 aliphatic rings. The molecule has 0 aliphatic carbocycles.